The molecule has 134 valence electrons. The second-order valence-corrected chi connectivity index (χ2v) is 7.69. The van der Waals surface area contributed by atoms with Gasteiger partial charge in [0.25, 0.3) is 5.91 Å². The van der Waals surface area contributed by atoms with Crippen LogP contribution in [0.3, 0.4) is 0 Å². The number of hydrogen-bond acceptors (Lipinski definition) is 7. The number of esters is 1. The smallest absolute Gasteiger partial charge is 0.312 e. The predicted molar refractivity (Wildman–Crippen MR) is 96.7 cm³/mol. The second-order valence-electron chi connectivity index (χ2n) is 6.05. The lowest BCUT2D eigenvalue weighted by atomic mass is 10.2. The minimum atomic E-state index is -0.440. The minimum absolute atomic E-state index is 0.00562. The van der Waals surface area contributed by atoms with Gasteiger partial charge < -0.3 is 14.4 Å². The van der Waals surface area contributed by atoms with Crippen molar-refractivity contribution in [2.75, 3.05) is 19.7 Å². The van der Waals surface area contributed by atoms with Crippen LogP contribution in [0.1, 0.15) is 19.5 Å². The third kappa shape index (κ3) is 4.87. The molecule has 6 nitrogen and oxygen atoms in total. The van der Waals surface area contributed by atoms with Crippen LogP contribution in [0.5, 0.6) is 0 Å². The van der Waals surface area contributed by atoms with Crippen LogP contribution in [0.25, 0.3) is 10.6 Å². The Morgan fingerprint density at radius 1 is 1.32 bits per heavy atom. The topological polar surface area (TPSA) is 68.7 Å². The lowest BCUT2D eigenvalue weighted by Gasteiger charge is -2.35. The largest absolute Gasteiger partial charge is 0.455 e. The molecule has 0 aliphatic carbocycles. The zero-order valence-corrected chi connectivity index (χ0v) is 15.8. The Morgan fingerprint density at radius 3 is 2.76 bits per heavy atom. The number of amides is 1. The van der Waals surface area contributed by atoms with Crippen molar-refractivity contribution in [3.05, 3.63) is 27.9 Å². The molecular formula is C17H20N2O4S2. The fourth-order valence-electron chi connectivity index (χ4n) is 2.72. The van der Waals surface area contributed by atoms with Crippen molar-refractivity contribution in [3.8, 4) is 10.6 Å². The lowest BCUT2D eigenvalue weighted by Crippen LogP contribution is -2.49. The van der Waals surface area contributed by atoms with Crippen molar-refractivity contribution in [1.82, 2.24) is 9.88 Å². The molecule has 2 aromatic rings. The molecule has 0 radical (unpaired) electrons. The highest BCUT2D eigenvalue weighted by Gasteiger charge is 2.26. The molecule has 1 aliphatic rings. The predicted octanol–water partition coefficient (Wildman–Crippen LogP) is 2.59. The normalized spacial score (nSPS) is 20.5. The van der Waals surface area contributed by atoms with Gasteiger partial charge in [-0.2, -0.15) is 11.3 Å². The number of nitrogens with zero attached hydrogens (tertiary/aromatic N) is 2. The first-order chi connectivity index (χ1) is 12.0. The molecule has 0 saturated carbocycles. The molecule has 2 aromatic heterocycles. The maximum atomic E-state index is 12.2. The molecule has 25 heavy (non-hydrogen) atoms. The summed E-state index contributed by atoms with van der Waals surface area (Å²) < 4.78 is 10.7. The fourth-order valence-corrected chi connectivity index (χ4v) is 4.25. The summed E-state index contributed by atoms with van der Waals surface area (Å²) in [5.74, 6) is -0.627. The molecule has 0 spiro atoms. The molecule has 1 saturated heterocycles. The standard InChI is InChI=1S/C17H20N2O4S2/c1-11-6-19(7-12(2)23-11)15(20)8-22-16(21)5-14-10-25-17(18-14)13-3-4-24-9-13/h3-4,9-12H,5-8H2,1-2H3/t11-,12-/m0/s1. The van der Waals surface area contributed by atoms with Crippen molar-refractivity contribution in [1.29, 1.82) is 0 Å². The SMILES string of the molecule is C[C@H]1CN(C(=O)COC(=O)Cc2csc(-c3ccsc3)n2)C[C@H](C)O1. The number of morpholine rings is 1. The van der Waals surface area contributed by atoms with Crippen LogP contribution < -0.4 is 0 Å². The maximum Gasteiger partial charge on any atom is 0.312 e. The number of carbonyl (C=O) groups excluding carboxylic acids is 2. The van der Waals surface area contributed by atoms with Gasteiger partial charge in [0.05, 0.1) is 24.3 Å². The van der Waals surface area contributed by atoms with Gasteiger partial charge in [0.15, 0.2) is 6.61 Å². The van der Waals surface area contributed by atoms with Crippen molar-refractivity contribution in [2.24, 2.45) is 0 Å². The first-order valence-corrected chi connectivity index (χ1v) is 9.89. The van der Waals surface area contributed by atoms with E-state index in [0.29, 0.717) is 18.8 Å². The van der Waals surface area contributed by atoms with E-state index in [-0.39, 0.29) is 31.1 Å². The highest BCUT2D eigenvalue weighted by atomic mass is 32.1. The molecule has 8 heteroatoms. The monoisotopic (exact) mass is 380 g/mol. The Morgan fingerprint density at radius 2 is 2.08 bits per heavy atom. The average Bonchev–Trinajstić information content (AvgIpc) is 3.22. The van der Waals surface area contributed by atoms with Crippen LogP contribution in [0, 0.1) is 0 Å². The number of thiazole rings is 1. The minimum Gasteiger partial charge on any atom is -0.455 e. The third-order valence-corrected chi connectivity index (χ3v) is 5.40. The number of carbonyl (C=O) groups is 2. The molecule has 1 fully saturated rings. The van der Waals surface area contributed by atoms with Crippen molar-refractivity contribution < 1.29 is 19.1 Å². The molecule has 0 aromatic carbocycles. The maximum absolute atomic E-state index is 12.2. The zero-order valence-electron chi connectivity index (χ0n) is 14.1. The number of hydrogen-bond donors (Lipinski definition) is 0. The van der Waals surface area contributed by atoms with Gasteiger partial charge >= 0.3 is 5.97 Å². The molecule has 0 N–H and O–H groups in total. The number of aromatic nitrogens is 1. The molecule has 3 heterocycles. The van der Waals surface area contributed by atoms with E-state index in [2.05, 4.69) is 4.98 Å². The van der Waals surface area contributed by atoms with Crippen LogP contribution >= 0.6 is 22.7 Å². The van der Waals surface area contributed by atoms with Gasteiger partial charge in [0.1, 0.15) is 5.01 Å². The van der Waals surface area contributed by atoms with E-state index in [1.165, 1.54) is 11.3 Å². The summed E-state index contributed by atoms with van der Waals surface area (Å²) in [6.07, 6.45) is 0.0620. The molecule has 0 unspecified atom stereocenters. The van der Waals surface area contributed by atoms with E-state index < -0.39 is 5.97 Å². The summed E-state index contributed by atoms with van der Waals surface area (Å²) in [4.78, 5) is 30.3. The lowest BCUT2D eigenvalue weighted by molar-refractivity contribution is -0.156. The van der Waals surface area contributed by atoms with Gasteiger partial charge in [-0.1, -0.05) is 0 Å². The van der Waals surface area contributed by atoms with Gasteiger partial charge in [0.2, 0.25) is 0 Å². The Hall–Kier alpha value is -1.77. The Labute approximate surface area is 154 Å². The van der Waals surface area contributed by atoms with Crippen LogP contribution in [0.15, 0.2) is 22.2 Å². The molecular weight excluding hydrogens is 360 g/mol. The zero-order chi connectivity index (χ0) is 17.8. The van der Waals surface area contributed by atoms with E-state index >= 15 is 0 Å². The van der Waals surface area contributed by atoms with E-state index in [1.54, 1.807) is 16.2 Å². The van der Waals surface area contributed by atoms with Crippen LogP contribution in [-0.2, 0) is 25.5 Å². The average molecular weight is 380 g/mol. The van der Waals surface area contributed by atoms with Gasteiger partial charge in [0, 0.05) is 29.4 Å². The second kappa shape index (κ2) is 8.07. The highest BCUT2D eigenvalue weighted by molar-refractivity contribution is 7.14. The highest BCUT2D eigenvalue weighted by Crippen LogP contribution is 2.25. The first-order valence-electron chi connectivity index (χ1n) is 8.07. The summed E-state index contributed by atoms with van der Waals surface area (Å²) in [5.41, 5.74) is 1.72. The third-order valence-electron chi connectivity index (χ3n) is 3.77. The van der Waals surface area contributed by atoms with E-state index in [0.717, 1.165) is 10.6 Å². The molecule has 2 atom stereocenters. The van der Waals surface area contributed by atoms with Gasteiger partial charge in [-0.15, -0.1) is 11.3 Å². The van der Waals surface area contributed by atoms with Crippen molar-refractivity contribution >= 4 is 34.6 Å². The van der Waals surface area contributed by atoms with Crippen molar-refractivity contribution in [2.45, 2.75) is 32.5 Å². The summed E-state index contributed by atoms with van der Waals surface area (Å²) >= 11 is 3.10. The molecule has 0 bridgehead atoms. The van der Waals surface area contributed by atoms with E-state index in [1.807, 2.05) is 36.1 Å². The number of rotatable bonds is 5. The van der Waals surface area contributed by atoms with Gasteiger partial charge in [-0.25, -0.2) is 4.98 Å². The summed E-state index contributed by atoms with van der Waals surface area (Å²) in [6.45, 7) is 4.66. The Bertz CT molecular complexity index is 719. The number of ether oxygens (including phenoxy) is 2. The Kier molecular flexibility index (Phi) is 5.82. The quantitative estimate of drug-likeness (QED) is 0.746. The fraction of sp³-hybridized carbons (Fsp3) is 0.471. The first kappa shape index (κ1) is 18.0. The van der Waals surface area contributed by atoms with E-state index in [9.17, 15) is 9.59 Å². The molecule has 1 aliphatic heterocycles. The van der Waals surface area contributed by atoms with Gasteiger partial charge in [-0.3, -0.25) is 9.59 Å². The van der Waals surface area contributed by atoms with Crippen LogP contribution in [0.4, 0.5) is 0 Å². The summed E-state index contributed by atoms with van der Waals surface area (Å²) in [5, 5.41) is 6.74. The van der Waals surface area contributed by atoms with Gasteiger partial charge in [-0.05, 0) is 25.3 Å². The number of thiophene rings is 1. The summed E-state index contributed by atoms with van der Waals surface area (Å²) in [7, 11) is 0. The summed E-state index contributed by atoms with van der Waals surface area (Å²) in [6, 6.07) is 1.99. The van der Waals surface area contributed by atoms with Crippen LogP contribution in [0.2, 0.25) is 0 Å². The molecule has 1 amide bonds. The van der Waals surface area contributed by atoms with Crippen molar-refractivity contribution in [3.63, 3.8) is 0 Å². The van der Waals surface area contributed by atoms with Crippen LogP contribution in [-0.4, -0.2) is 53.7 Å². The van der Waals surface area contributed by atoms with E-state index in [4.69, 9.17) is 9.47 Å². The Balaban J connectivity index is 1.47. The molecule has 3 rings (SSSR count).